The number of carbonyl (C=O) groups excluding carboxylic acids is 1. The van der Waals surface area contributed by atoms with Crippen LogP contribution in [0.4, 0.5) is 0 Å². The van der Waals surface area contributed by atoms with Crippen LogP contribution in [-0.2, 0) is 11.3 Å². The highest BCUT2D eigenvalue weighted by molar-refractivity contribution is 5.80. The first-order valence-electron chi connectivity index (χ1n) is 6.52. The Morgan fingerprint density at radius 3 is 2.85 bits per heavy atom. The average molecular weight is 276 g/mol. The summed E-state index contributed by atoms with van der Waals surface area (Å²) in [7, 11) is 3.49. The SMILES string of the molecule is Cc1ccc(-c2[nH]ncc2CNC(C)C(=O)N(C)C)o1. The van der Waals surface area contributed by atoms with Crippen LogP contribution < -0.4 is 5.32 Å². The van der Waals surface area contributed by atoms with Crippen LogP contribution in [-0.4, -0.2) is 41.1 Å². The molecule has 0 bridgehead atoms. The Labute approximate surface area is 118 Å². The Morgan fingerprint density at radius 2 is 2.25 bits per heavy atom. The Morgan fingerprint density at radius 1 is 1.50 bits per heavy atom. The third-order valence-electron chi connectivity index (χ3n) is 3.11. The van der Waals surface area contributed by atoms with Crippen LogP contribution in [0.3, 0.4) is 0 Å². The quantitative estimate of drug-likeness (QED) is 0.869. The van der Waals surface area contributed by atoms with Gasteiger partial charge in [0.25, 0.3) is 0 Å². The summed E-state index contributed by atoms with van der Waals surface area (Å²) in [6.07, 6.45) is 1.74. The van der Waals surface area contributed by atoms with Crippen molar-refractivity contribution in [2.75, 3.05) is 14.1 Å². The Bertz CT molecular complexity index is 586. The van der Waals surface area contributed by atoms with Gasteiger partial charge in [0.15, 0.2) is 5.76 Å². The molecule has 6 heteroatoms. The van der Waals surface area contributed by atoms with Gasteiger partial charge >= 0.3 is 0 Å². The van der Waals surface area contributed by atoms with E-state index in [4.69, 9.17) is 4.42 Å². The normalized spacial score (nSPS) is 12.4. The molecule has 0 aliphatic heterocycles. The van der Waals surface area contributed by atoms with E-state index in [0.717, 1.165) is 22.8 Å². The number of hydrogen-bond acceptors (Lipinski definition) is 4. The number of nitrogens with one attached hydrogen (secondary N) is 2. The molecule has 0 fully saturated rings. The van der Waals surface area contributed by atoms with Gasteiger partial charge in [-0.15, -0.1) is 0 Å². The molecular weight excluding hydrogens is 256 g/mol. The standard InChI is InChI=1S/C14H20N4O2/c1-9-5-6-12(20-9)13-11(8-16-17-13)7-15-10(2)14(19)18(3)4/h5-6,8,10,15H,7H2,1-4H3,(H,16,17). The highest BCUT2D eigenvalue weighted by atomic mass is 16.3. The molecule has 1 amide bonds. The maximum atomic E-state index is 11.8. The van der Waals surface area contributed by atoms with Crippen molar-refractivity contribution in [3.8, 4) is 11.5 Å². The number of carbonyl (C=O) groups is 1. The lowest BCUT2D eigenvalue weighted by atomic mass is 10.2. The van der Waals surface area contributed by atoms with Crippen molar-refractivity contribution in [3.63, 3.8) is 0 Å². The zero-order valence-electron chi connectivity index (χ0n) is 12.2. The minimum Gasteiger partial charge on any atom is -0.460 e. The van der Waals surface area contributed by atoms with E-state index >= 15 is 0 Å². The highest BCUT2D eigenvalue weighted by Crippen LogP contribution is 2.23. The molecule has 0 spiro atoms. The molecule has 0 radical (unpaired) electrons. The van der Waals surface area contributed by atoms with E-state index in [1.165, 1.54) is 0 Å². The van der Waals surface area contributed by atoms with Crippen molar-refractivity contribution in [1.29, 1.82) is 0 Å². The van der Waals surface area contributed by atoms with Crippen molar-refractivity contribution in [1.82, 2.24) is 20.4 Å². The molecule has 0 saturated carbocycles. The van der Waals surface area contributed by atoms with Crippen LogP contribution in [0.25, 0.3) is 11.5 Å². The Balaban J connectivity index is 2.05. The zero-order valence-corrected chi connectivity index (χ0v) is 12.2. The smallest absolute Gasteiger partial charge is 0.238 e. The van der Waals surface area contributed by atoms with Gasteiger partial charge in [-0.1, -0.05) is 0 Å². The molecule has 2 aromatic rings. The van der Waals surface area contributed by atoms with E-state index in [1.54, 1.807) is 25.2 Å². The van der Waals surface area contributed by atoms with E-state index < -0.39 is 0 Å². The van der Waals surface area contributed by atoms with E-state index in [2.05, 4.69) is 15.5 Å². The Hall–Kier alpha value is -2.08. The van der Waals surface area contributed by atoms with Crippen LogP contribution in [0.1, 0.15) is 18.2 Å². The maximum Gasteiger partial charge on any atom is 0.238 e. The lowest BCUT2D eigenvalue weighted by molar-refractivity contribution is -0.130. The van der Waals surface area contributed by atoms with Crippen LogP contribution >= 0.6 is 0 Å². The van der Waals surface area contributed by atoms with Gasteiger partial charge in [-0.25, -0.2) is 0 Å². The zero-order chi connectivity index (χ0) is 14.7. The molecule has 6 nitrogen and oxygen atoms in total. The fraction of sp³-hybridized carbons (Fsp3) is 0.429. The molecule has 2 heterocycles. The predicted octanol–water partition coefficient (Wildman–Crippen LogP) is 1.54. The second-order valence-corrected chi connectivity index (χ2v) is 5.02. The van der Waals surface area contributed by atoms with Crippen LogP contribution in [0.15, 0.2) is 22.7 Å². The van der Waals surface area contributed by atoms with E-state index in [-0.39, 0.29) is 11.9 Å². The summed E-state index contributed by atoms with van der Waals surface area (Å²) in [5, 5.41) is 10.2. The predicted molar refractivity (Wildman–Crippen MR) is 76.0 cm³/mol. The Kier molecular flexibility index (Phi) is 4.24. The molecule has 0 aromatic carbocycles. The molecule has 20 heavy (non-hydrogen) atoms. The summed E-state index contributed by atoms with van der Waals surface area (Å²) in [6, 6.07) is 3.57. The highest BCUT2D eigenvalue weighted by Gasteiger charge is 2.16. The number of aryl methyl sites for hydroxylation is 1. The summed E-state index contributed by atoms with van der Waals surface area (Å²) < 4.78 is 5.59. The van der Waals surface area contributed by atoms with Crippen molar-refractivity contribution in [3.05, 3.63) is 29.7 Å². The molecule has 2 aromatic heterocycles. The van der Waals surface area contributed by atoms with E-state index in [9.17, 15) is 4.79 Å². The number of amides is 1. The molecule has 0 aliphatic rings. The van der Waals surface area contributed by atoms with Crippen LogP contribution in [0.2, 0.25) is 0 Å². The molecule has 108 valence electrons. The summed E-state index contributed by atoms with van der Waals surface area (Å²) in [6.45, 7) is 4.29. The topological polar surface area (TPSA) is 74.2 Å². The number of hydrogen-bond donors (Lipinski definition) is 2. The molecule has 2 N–H and O–H groups in total. The van der Waals surface area contributed by atoms with Gasteiger partial charge in [0, 0.05) is 26.2 Å². The second kappa shape index (κ2) is 5.92. The number of aromatic nitrogens is 2. The van der Waals surface area contributed by atoms with Gasteiger partial charge in [0.1, 0.15) is 11.5 Å². The molecular formula is C14H20N4O2. The number of H-pyrrole nitrogens is 1. The minimum atomic E-state index is -0.244. The van der Waals surface area contributed by atoms with Crippen LogP contribution in [0, 0.1) is 6.92 Å². The second-order valence-electron chi connectivity index (χ2n) is 5.02. The molecule has 1 atom stereocenters. The molecule has 0 saturated heterocycles. The summed E-state index contributed by atoms with van der Waals surface area (Å²) in [5.74, 6) is 1.65. The van der Waals surface area contributed by atoms with Crippen molar-refractivity contribution in [2.45, 2.75) is 26.4 Å². The first-order chi connectivity index (χ1) is 9.49. The molecule has 0 aliphatic carbocycles. The molecule has 1 unspecified atom stereocenters. The maximum absolute atomic E-state index is 11.8. The lowest BCUT2D eigenvalue weighted by Crippen LogP contribution is -2.41. The van der Waals surface area contributed by atoms with E-state index in [0.29, 0.717) is 6.54 Å². The lowest BCUT2D eigenvalue weighted by Gasteiger charge is -2.17. The largest absolute Gasteiger partial charge is 0.460 e. The fourth-order valence-corrected chi connectivity index (χ4v) is 1.97. The third-order valence-corrected chi connectivity index (χ3v) is 3.11. The summed E-state index contributed by atoms with van der Waals surface area (Å²) in [4.78, 5) is 13.4. The van der Waals surface area contributed by atoms with Crippen molar-refractivity contribution < 1.29 is 9.21 Å². The van der Waals surface area contributed by atoms with Crippen LogP contribution in [0.5, 0.6) is 0 Å². The van der Waals surface area contributed by atoms with Crippen molar-refractivity contribution >= 4 is 5.91 Å². The number of rotatable bonds is 5. The number of aromatic amines is 1. The molecule has 2 rings (SSSR count). The number of furan rings is 1. The minimum absolute atomic E-state index is 0.0453. The first-order valence-corrected chi connectivity index (χ1v) is 6.52. The summed E-state index contributed by atoms with van der Waals surface area (Å²) >= 11 is 0. The summed E-state index contributed by atoms with van der Waals surface area (Å²) in [5.41, 5.74) is 1.81. The first kappa shape index (κ1) is 14.3. The van der Waals surface area contributed by atoms with Gasteiger partial charge < -0.3 is 14.6 Å². The van der Waals surface area contributed by atoms with Gasteiger partial charge in [0.05, 0.1) is 12.2 Å². The third kappa shape index (κ3) is 3.08. The fourth-order valence-electron chi connectivity index (χ4n) is 1.97. The van der Waals surface area contributed by atoms with E-state index in [1.807, 2.05) is 26.0 Å². The number of nitrogens with zero attached hydrogens (tertiary/aromatic N) is 2. The van der Waals surface area contributed by atoms with Gasteiger partial charge in [0.2, 0.25) is 5.91 Å². The monoisotopic (exact) mass is 276 g/mol. The number of likely N-dealkylation sites (N-methyl/N-ethyl adjacent to an activating group) is 1. The van der Waals surface area contributed by atoms with Gasteiger partial charge in [-0.2, -0.15) is 5.10 Å². The van der Waals surface area contributed by atoms with Crippen molar-refractivity contribution in [2.24, 2.45) is 0 Å². The van der Waals surface area contributed by atoms with Gasteiger partial charge in [-0.05, 0) is 26.0 Å². The van der Waals surface area contributed by atoms with Gasteiger partial charge in [-0.3, -0.25) is 9.89 Å². The average Bonchev–Trinajstić information content (AvgIpc) is 3.03.